The second-order valence-electron chi connectivity index (χ2n) is 3.87. The molecule has 0 spiro atoms. The Hall–Kier alpha value is -1.05. The van der Waals surface area contributed by atoms with E-state index in [-0.39, 0.29) is 0 Å². The summed E-state index contributed by atoms with van der Waals surface area (Å²) in [6.45, 7) is 6.16. The summed E-state index contributed by atoms with van der Waals surface area (Å²) >= 11 is 1.54. The highest BCUT2D eigenvalue weighted by molar-refractivity contribution is 7.98. The van der Waals surface area contributed by atoms with E-state index in [1.807, 2.05) is 12.3 Å². The van der Waals surface area contributed by atoms with E-state index in [0.29, 0.717) is 0 Å². The van der Waals surface area contributed by atoms with Crippen molar-refractivity contribution >= 4 is 23.4 Å². The van der Waals surface area contributed by atoms with Crippen molar-refractivity contribution in [1.82, 2.24) is 15.0 Å². The van der Waals surface area contributed by atoms with Crippen LogP contribution < -0.4 is 10.7 Å². The Balaban J connectivity index is 2.07. The third-order valence-electron chi connectivity index (χ3n) is 2.53. The van der Waals surface area contributed by atoms with E-state index in [9.17, 15) is 0 Å². The minimum absolute atomic E-state index is 0.757. The predicted octanol–water partition coefficient (Wildman–Crippen LogP) is 1.29. The lowest BCUT2D eigenvalue weighted by Gasteiger charge is -2.27. The van der Waals surface area contributed by atoms with Gasteiger partial charge in [-0.15, -0.1) is 0 Å². The minimum Gasteiger partial charge on any atom is -0.379 e. The van der Waals surface area contributed by atoms with Crippen molar-refractivity contribution < 1.29 is 4.74 Å². The standard InChI is InChI=1S/C11H19N5OS/c1-3-12-9-8-10(14-11(13-9)18-2)15-16-4-6-17-7-5-16/h8H,3-7H2,1-2H3,(H2,12,13,14,15). The molecule has 0 amide bonds. The maximum Gasteiger partial charge on any atom is 0.191 e. The summed E-state index contributed by atoms with van der Waals surface area (Å²) in [5.74, 6) is 1.68. The molecule has 1 saturated heterocycles. The Morgan fingerprint density at radius 1 is 1.33 bits per heavy atom. The lowest BCUT2D eigenvalue weighted by molar-refractivity contribution is 0.0494. The van der Waals surface area contributed by atoms with Crippen LogP contribution in [0.1, 0.15) is 6.92 Å². The summed E-state index contributed by atoms with van der Waals surface area (Å²) in [6.07, 6.45) is 1.98. The molecule has 1 aliphatic heterocycles. The van der Waals surface area contributed by atoms with E-state index in [0.717, 1.165) is 49.6 Å². The van der Waals surface area contributed by atoms with Gasteiger partial charge in [0.25, 0.3) is 0 Å². The van der Waals surface area contributed by atoms with Gasteiger partial charge in [0.05, 0.1) is 13.2 Å². The molecule has 1 aliphatic rings. The van der Waals surface area contributed by atoms with E-state index in [1.165, 1.54) is 11.8 Å². The molecule has 7 heteroatoms. The van der Waals surface area contributed by atoms with Crippen LogP contribution in [-0.4, -0.2) is 54.1 Å². The van der Waals surface area contributed by atoms with Crippen molar-refractivity contribution in [3.8, 4) is 0 Å². The molecule has 2 heterocycles. The highest BCUT2D eigenvalue weighted by atomic mass is 32.2. The number of hydrazine groups is 1. The first kappa shape index (κ1) is 13.4. The first-order valence-electron chi connectivity index (χ1n) is 6.08. The molecule has 2 rings (SSSR count). The minimum atomic E-state index is 0.757. The number of thioether (sulfide) groups is 1. The molecule has 18 heavy (non-hydrogen) atoms. The second kappa shape index (κ2) is 6.77. The van der Waals surface area contributed by atoms with Crippen molar-refractivity contribution in [2.75, 3.05) is 49.8 Å². The van der Waals surface area contributed by atoms with Gasteiger partial charge in [-0.2, -0.15) is 0 Å². The van der Waals surface area contributed by atoms with Crippen LogP contribution in [0.3, 0.4) is 0 Å². The van der Waals surface area contributed by atoms with Crippen LogP contribution in [0.15, 0.2) is 11.2 Å². The van der Waals surface area contributed by atoms with E-state index >= 15 is 0 Å². The van der Waals surface area contributed by atoms with Crippen molar-refractivity contribution in [1.29, 1.82) is 0 Å². The van der Waals surface area contributed by atoms with Crippen LogP contribution in [-0.2, 0) is 4.74 Å². The molecule has 0 atom stereocenters. The van der Waals surface area contributed by atoms with Gasteiger partial charge in [0.1, 0.15) is 11.6 Å². The number of hydrogen-bond acceptors (Lipinski definition) is 7. The lowest BCUT2D eigenvalue weighted by Crippen LogP contribution is -2.40. The Morgan fingerprint density at radius 3 is 2.72 bits per heavy atom. The molecule has 1 aromatic rings. The third kappa shape index (κ3) is 3.72. The molecular formula is C11H19N5OS. The van der Waals surface area contributed by atoms with Crippen LogP contribution in [0.4, 0.5) is 11.6 Å². The molecule has 1 aromatic heterocycles. The monoisotopic (exact) mass is 269 g/mol. The average Bonchev–Trinajstić information content (AvgIpc) is 2.40. The zero-order valence-corrected chi connectivity index (χ0v) is 11.6. The van der Waals surface area contributed by atoms with E-state index in [1.54, 1.807) is 0 Å². The number of morpholine rings is 1. The van der Waals surface area contributed by atoms with Crippen LogP contribution in [0, 0.1) is 0 Å². The molecular weight excluding hydrogens is 250 g/mol. The van der Waals surface area contributed by atoms with Crippen LogP contribution in [0.25, 0.3) is 0 Å². The molecule has 0 radical (unpaired) electrons. The molecule has 0 aromatic carbocycles. The largest absolute Gasteiger partial charge is 0.379 e. The van der Waals surface area contributed by atoms with E-state index in [4.69, 9.17) is 4.74 Å². The predicted molar refractivity (Wildman–Crippen MR) is 74.0 cm³/mol. The molecule has 0 saturated carbocycles. The number of anilines is 2. The van der Waals surface area contributed by atoms with Gasteiger partial charge in [-0.3, -0.25) is 0 Å². The molecule has 0 aliphatic carbocycles. The number of rotatable bonds is 5. The maximum absolute atomic E-state index is 5.31. The summed E-state index contributed by atoms with van der Waals surface area (Å²) in [5, 5.41) is 6.10. The van der Waals surface area contributed by atoms with Gasteiger partial charge in [0, 0.05) is 25.7 Å². The number of nitrogens with one attached hydrogen (secondary N) is 2. The van der Waals surface area contributed by atoms with Crippen LogP contribution >= 0.6 is 11.8 Å². The van der Waals surface area contributed by atoms with E-state index < -0.39 is 0 Å². The van der Waals surface area contributed by atoms with Gasteiger partial charge in [0.15, 0.2) is 5.16 Å². The quantitative estimate of drug-likeness (QED) is 0.617. The Kier molecular flexibility index (Phi) is 5.03. The smallest absolute Gasteiger partial charge is 0.191 e. The second-order valence-corrected chi connectivity index (χ2v) is 4.64. The van der Waals surface area contributed by atoms with Crippen molar-refractivity contribution in [2.24, 2.45) is 0 Å². The first-order chi connectivity index (χ1) is 8.81. The fourth-order valence-corrected chi connectivity index (χ4v) is 2.06. The fourth-order valence-electron chi connectivity index (χ4n) is 1.68. The SMILES string of the molecule is CCNc1cc(NN2CCOCC2)nc(SC)n1. The molecule has 2 N–H and O–H groups in total. The first-order valence-corrected chi connectivity index (χ1v) is 7.30. The molecule has 0 unspecified atom stereocenters. The van der Waals surface area contributed by atoms with Crippen molar-refractivity contribution in [3.05, 3.63) is 6.07 Å². The Morgan fingerprint density at radius 2 is 2.06 bits per heavy atom. The van der Waals surface area contributed by atoms with Gasteiger partial charge >= 0.3 is 0 Å². The highest BCUT2D eigenvalue weighted by Crippen LogP contribution is 2.17. The summed E-state index contributed by atoms with van der Waals surface area (Å²) in [6, 6.07) is 1.93. The Bertz CT molecular complexity index is 384. The number of hydrogen-bond donors (Lipinski definition) is 2. The maximum atomic E-state index is 5.31. The van der Waals surface area contributed by atoms with Gasteiger partial charge in [-0.05, 0) is 13.2 Å². The molecule has 1 fully saturated rings. The summed E-state index contributed by atoms with van der Waals surface area (Å²) in [5.41, 5.74) is 3.30. The average molecular weight is 269 g/mol. The zero-order valence-electron chi connectivity index (χ0n) is 10.8. The van der Waals surface area contributed by atoms with Gasteiger partial charge in [-0.1, -0.05) is 11.8 Å². The highest BCUT2D eigenvalue weighted by Gasteiger charge is 2.11. The molecule has 0 bridgehead atoms. The van der Waals surface area contributed by atoms with Crippen molar-refractivity contribution in [3.63, 3.8) is 0 Å². The lowest BCUT2D eigenvalue weighted by atomic mass is 10.5. The third-order valence-corrected chi connectivity index (χ3v) is 3.08. The summed E-state index contributed by atoms with van der Waals surface area (Å²) in [4.78, 5) is 8.84. The fraction of sp³-hybridized carbons (Fsp3) is 0.636. The van der Waals surface area contributed by atoms with Gasteiger partial charge in [-0.25, -0.2) is 15.0 Å². The normalized spacial score (nSPS) is 16.6. The zero-order chi connectivity index (χ0) is 12.8. The molecule has 100 valence electrons. The van der Waals surface area contributed by atoms with Gasteiger partial charge in [0.2, 0.25) is 0 Å². The summed E-state index contributed by atoms with van der Waals surface area (Å²) in [7, 11) is 0. The van der Waals surface area contributed by atoms with Crippen LogP contribution in [0.2, 0.25) is 0 Å². The topological polar surface area (TPSA) is 62.3 Å². The Labute approximate surface area is 111 Å². The van der Waals surface area contributed by atoms with Crippen LogP contribution in [0.5, 0.6) is 0 Å². The van der Waals surface area contributed by atoms with Gasteiger partial charge < -0.3 is 15.5 Å². The number of nitrogens with zero attached hydrogens (tertiary/aromatic N) is 3. The van der Waals surface area contributed by atoms with Crippen molar-refractivity contribution in [2.45, 2.75) is 12.1 Å². The number of ether oxygens (including phenoxy) is 1. The van der Waals surface area contributed by atoms with E-state index in [2.05, 4.69) is 32.6 Å². The molecule has 6 nitrogen and oxygen atoms in total. The summed E-state index contributed by atoms with van der Waals surface area (Å²) < 4.78 is 5.31. The number of aromatic nitrogens is 2.